The maximum atomic E-state index is 11.0. The molecule has 4 aromatic rings. The Bertz CT molecular complexity index is 1120. The molecule has 0 radical (unpaired) electrons. The van der Waals surface area contributed by atoms with Gasteiger partial charge in [-0.1, -0.05) is 62.6 Å². The smallest absolute Gasteiger partial charge is 0.150 e. The van der Waals surface area contributed by atoms with Crippen LogP contribution in [0.5, 0.6) is 0 Å². The third-order valence-corrected chi connectivity index (χ3v) is 6.92. The summed E-state index contributed by atoms with van der Waals surface area (Å²) in [5.74, 6) is 0.821. The van der Waals surface area contributed by atoms with Crippen molar-refractivity contribution < 1.29 is 9.21 Å². The van der Waals surface area contributed by atoms with E-state index in [0.29, 0.717) is 5.56 Å². The molecule has 0 aliphatic carbocycles. The number of aryl methyl sites for hydroxylation is 1. The second-order valence-electron chi connectivity index (χ2n) is 7.32. The van der Waals surface area contributed by atoms with Gasteiger partial charge in [-0.25, -0.2) is 0 Å². The number of halogens is 1. The fourth-order valence-corrected chi connectivity index (χ4v) is 5.32. The fraction of sp³-hybridized carbons (Fsp3) is 0.240. The zero-order chi connectivity index (χ0) is 20.2. The summed E-state index contributed by atoms with van der Waals surface area (Å²) in [6.45, 7) is 2.25. The highest BCUT2D eigenvalue weighted by molar-refractivity contribution is 9.11. The molecule has 4 heteroatoms. The predicted octanol–water partition coefficient (Wildman–Crippen LogP) is 8.53. The minimum atomic E-state index is 0.628. The van der Waals surface area contributed by atoms with Gasteiger partial charge in [-0.05, 0) is 58.1 Å². The van der Waals surface area contributed by atoms with Crippen LogP contribution >= 0.6 is 27.3 Å². The van der Waals surface area contributed by atoms with Gasteiger partial charge in [0, 0.05) is 21.4 Å². The first-order valence-corrected chi connectivity index (χ1v) is 11.7. The first-order valence-electron chi connectivity index (χ1n) is 10.1. The molecule has 29 heavy (non-hydrogen) atoms. The quantitative estimate of drug-likeness (QED) is 0.192. The van der Waals surface area contributed by atoms with Gasteiger partial charge in [0.25, 0.3) is 0 Å². The van der Waals surface area contributed by atoms with Crippen molar-refractivity contribution in [1.29, 1.82) is 0 Å². The summed E-state index contributed by atoms with van der Waals surface area (Å²) in [7, 11) is 0. The average molecular weight is 467 g/mol. The molecule has 0 saturated carbocycles. The first kappa shape index (κ1) is 20.1. The lowest BCUT2D eigenvalue weighted by Gasteiger charge is -2.05. The van der Waals surface area contributed by atoms with Gasteiger partial charge in [-0.2, -0.15) is 0 Å². The molecule has 0 atom stereocenters. The molecule has 2 aromatic carbocycles. The number of carbonyl (C=O) groups excluding carboxylic acids is 1. The summed E-state index contributed by atoms with van der Waals surface area (Å²) in [5, 5.41) is 1.01. The largest absolute Gasteiger partial charge is 0.456 e. The molecule has 0 aliphatic heterocycles. The molecule has 0 amide bonds. The summed E-state index contributed by atoms with van der Waals surface area (Å²) in [6, 6.07) is 18.4. The van der Waals surface area contributed by atoms with Crippen LogP contribution in [0.15, 0.2) is 62.8 Å². The van der Waals surface area contributed by atoms with Gasteiger partial charge in [-0.15, -0.1) is 11.3 Å². The van der Waals surface area contributed by atoms with Crippen molar-refractivity contribution in [1.82, 2.24) is 0 Å². The van der Waals surface area contributed by atoms with Crippen LogP contribution < -0.4 is 0 Å². The van der Waals surface area contributed by atoms with Gasteiger partial charge in [0.2, 0.25) is 0 Å². The Hall–Kier alpha value is -2.17. The van der Waals surface area contributed by atoms with E-state index in [1.165, 1.54) is 45.5 Å². The molecule has 0 spiro atoms. The Balaban J connectivity index is 1.57. The number of furan rings is 1. The highest BCUT2D eigenvalue weighted by Crippen LogP contribution is 2.38. The molecule has 148 valence electrons. The summed E-state index contributed by atoms with van der Waals surface area (Å²) in [4.78, 5) is 12.3. The molecule has 0 aliphatic rings. The number of aldehydes is 1. The second-order valence-corrected chi connectivity index (χ2v) is 9.75. The molecule has 0 N–H and O–H groups in total. The van der Waals surface area contributed by atoms with E-state index in [2.05, 4.69) is 53.2 Å². The second kappa shape index (κ2) is 9.10. The van der Waals surface area contributed by atoms with Crippen LogP contribution in [0.2, 0.25) is 0 Å². The van der Waals surface area contributed by atoms with Gasteiger partial charge in [-0.3, -0.25) is 4.79 Å². The SMILES string of the molecule is CCCCCCc1cc(Br)sc1-c1ccc(-c2cc3ccc(C=O)cc3o2)cc1. The van der Waals surface area contributed by atoms with Crippen LogP contribution in [-0.4, -0.2) is 6.29 Å². The number of rotatable bonds is 8. The van der Waals surface area contributed by atoms with Crippen LogP contribution in [-0.2, 0) is 6.42 Å². The fourth-order valence-electron chi connectivity index (χ4n) is 3.62. The summed E-state index contributed by atoms with van der Waals surface area (Å²) in [6.07, 6.45) is 7.07. The van der Waals surface area contributed by atoms with Crippen LogP contribution in [0.1, 0.15) is 48.5 Å². The maximum Gasteiger partial charge on any atom is 0.150 e. The normalized spacial score (nSPS) is 11.2. The van der Waals surface area contributed by atoms with Crippen molar-refractivity contribution in [3.05, 3.63) is 69.5 Å². The van der Waals surface area contributed by atoms with E-state index in [-0.39, 0.29) is 0 Å². The van der Waals surface area contributed by atoms with Crippen molar-refractivity contribution in [2.75, 3.05) is 0 Å². The standard InChI is InChI=1S/C25H23BrO2S/c1-2-3-4-5-6-21-15-24(26)29-25(21)19-11-9-18(10-12-19)23-14-20-8-7-17(16-27)13-22(20)28-23/h7-16H,2-6H2,1H3. The van der Waals surface area contributed by atoms with E-state index in [0.717, 1.165) is 35.0 Å². The molecular weight excluding hydrogens is 444 g/mol. The van der Waals surface area contributed by atoms with E-state index in [1.54, 1.807) is 17.4 Å². The van der Waals surface area contributed by atoms with Gasteiger partial charge in [0.15, 0.2) is 0 Å². The number of hydrogen-bond acceptors (Lipinski definition) is 3. The number of thiophene rings is 1. The highest BCUT2D eigenvalue weighted by atomic mass is 79.9. The number of fused-ring (bicyclic) bond motifs is 1. The van der Waals surface area contributed by atoms with Crippen LogP contribution in [0.3, 0.4) is 0 Å². The average Bonchev–Trinajstić information content (AvgIpc) is 3.34. The van der Waals surface area contributed by atoms with Crippen LogP contribution in [0.4, 0.5) is 0 Å². The number of benzene rings is 2. The zero-order valence-corrected chi connectivity index (χ0v) is 18.8. The molecule has 2 nitrogen and oxygen atoms in total. The Morgan fingerprint density at radius 1 is 0.966 bits per heavy atom. The van der Waals surface area contributed by atoms with Crippen LogP contribution in [0, 0.1) is 0 Å². The van der Waals surface area contributed by atoms with Crippen molar-refractivity contribution in [3.63, 3.8) is 0 Å². The minimum Gasteiger partial charge on any atom is -0.456 e. The lowest BCUT2D eigenvalue weighted by molar-refractivity contribution is 0.112. The van der Waals surface area contributed by atoms with Crippen molar-refractivity contribution >= 4 is 44.5 Å². The minimum absolute atomic E-state index is 0.628. The molecule has 0 saturated heterocycles. The maximum absolute atomic E-state index is 11.0. The van der Waals surface area contributed by atoms with E-state index >= 15 is 0 Å². The van der Waals surface area contributed by atoms with Crippen molar-refractivity contribution in [2.45, 2.75) is 39.0 Å². The Kier molecular flexibility index (Phi) is 6.31. The molecule has 0 bridgehead atoms. The van der Waals surface area contributed by atoms with Crippen molar-refractivity contribution in [3.8, 4) is 21.8 Å². The topological polar surface area (TPSA) is 30.2 Å². The molecular formula is C25H23BrO2S. The Morgan fingerprint density at radius 3 is 2.52 bits per heavy atom. The molecule has 2 aromatic heterocycles. The first-order chi connectivity index (χ1) is 14.2. The van der Waals surface area contributed by atoms with E-state index in [9.17, 15) is 4.79 Å². The summed E-state index contributed by atoms with van der Waals surface area (Å²) < 4.78 is 7.17. The molecule has 0 fully saturated rings. The summed E-state index contributed by atoms with van der Waals surface area (Å²) >= 11 is 5.47. The monoisotopic (exact) mass is 466 g/mol. The number of carbonyl (C=O) groups is 1. The highest BCUT2D eigenvalue weighted by Gasteiger charge is 2.12. The van der Waals surface area contributed by atoms with Gasteiger partial charge >= 0.3 is 0 Å². The van der Waals surface area contributed by atoms with Gasteiger partial charge in [0.1, 0.15) is 17.6 Å². The third kappa shape index (κ3) is 4.54. The molecule has 2 heterocycles. The zero-order valence-electron chi connectivity index (χ0n) is 16.4. The molecule has 0 unspecified atom stereocenters. The number of unbranched alkanes of at least 4 members (excludes halogenated alkanes) is 3. The van der Waals surface area contributed by atoms with Gasteiger partial charge in [0.05, 0.1) is 3.79 Å². The number of hydrogen-bond donors (Lipinski definition) is 0. The summed E-state index contributed by atoms with van der Waals surface area (Å²) in [5.41, 5.74) is 5.08. The van der Waals surface area contributed by atoms with E-state index in [4.69, 9.17) is 4.42 Å². The lowest BCUT2D eigenvalue weighted by Crippen LogP contribution is -1.86. The predicted molar refractivity (Wildman–Crippen MR) is 126 cm³/mol. The van der Waals surface area contributed by atoms with Crippen LogP contribution in [0.25, 0.3) is 32.7 Å². The lowest BCUT2D eigenvalue weighted by atomic mass is 10.0. The Morgan fingerprint density at radius 2 is 1.76 bits per heavy atom. The van der Waals surface area contributed by atoms with Crippen molar-refractivity contribution in [2.24, 2.45) is 0 Å². The molecule has 4 rings (SSSR count). The van der Waals surface area contributed by atoms with Gasteiger partial charge < -0.3 is 4.42 Å². The van der Waals surface area contributed by atoms with E-state index < -0.39 is 0 Å². The third-order valence-electron chi connectivity index (χ3n) is 5.19. The Labute approximate surface area is 183 Å². The van der Waals surface area contributed by atoms with E-state index in [1.807, 2.05) is 18.2 Å².